The number of fused-ring (bicyclic) bond motifs is 1. The van der Waals surface area contributed by atoms with Crippen molar-refractivity contribution in [2.75, 3.05) is 7.05 Å². The van der Waals surface area contributed by atoms with E-state index < -0.39 is 0 Å². The largest absolute Gasteiger partial charge is 0.312 e. The third kappa shape index (κ3) is 3.07. The first kappa shape index (κ1) is 14.8. The van der Waals surface area contributed by atoms with Gasteiger partial charge in [0.05, 0.1) is 0 Å². The maximum atomic E-state index is 3.57. The van der Waals surface area contributed by atoms with E-state index in [9.17, 15) is 0 Å². The summed E-state index contributed by atoms with van der Waals surface area (Å²) in [5, 5.41) is 5.84. The first-order valence-electron chi connectivity index (χ1n) is 8.16. The van der Waals surface area contributed by atoms with Gasteiger partial charge in [-0.15, -0.1) is 11.3 Å². The van der Waals surface area contributed by atoms with Crippen LogP contribution in [0.5, 0.6) is 0 Å². The third-order valence-corrected chi connectivity index (χ3v) is 5.69. The summed E-state index contributed by atoms with van der Waals surface area (Å²) in [6.07, 6.45) is 6.30. The summed E-state index contributed by atoms with van der Waals surface area (Å²) in [6, 6.07) is 12.1. The Labute approximate surface area is 132 Å². The van der Waals surface area contributed by atoms with E-state index in [-0.39, 0.29) is 0 Å². The molecule has 0 radical (unpaired) electrons. The van der Waals surface area contributed by atoms with Crippen molar-refractivity contribution in [2.45, 2.75) is 51.0 Å². The van der Waals surface area contributed by atoms with Gasteiger partial charge in [0.2, 0.25) is 0 Å². The summed E-state index contributed by atoms with van der Waals surface area (Å²) in [4.78, 5) is 1.61. The van der Waals surface area contributed by atoms with E-state index in [0.29, 0.717) is 12.0 Å². The van der Waals surface area contributed by atoms with Crippen molar-refractivity contribution in [2.24, 2.45) is 0 Å². The van der Waals surface area contributed by atoms with Crippen molar-refractivity contribution >= 4 is 11.3 Å². The molecule has 1 aliphatic rings. The van der Waals surface area contributed by atoms with Crippen LogP contribution in [0.2, 0.25) is 0 Å². The van der Waals surface area contributed by atoms with Gasteiger partial charge >= 0.3 is 0 Å². The maximum Gasteiger partial charge on any atom is 0.0387 e. The van der Waals surface area contributed by atoms with Crippen LogP contribution in [0.15, 0.2) is 35.7 Å². The van der Waals surface area contributed by atoms with E-state index in [1.807, 2.05) is 11.3 Å². The molecule has 2 unspecified atom stereocenters. The predicted molar refractivity (Wildman–Crippen MR) is 92.2 cm³/mol. The molecule has 3 rings (SSSR count). The van der Waals surface area contributed by atoms with Crippen molar-refractivity contribution in [3.05, 3.63) is 57.3 Å². The van der Waals surface area contributed by atoms with E-state index in [1.165, 1.54) is 43.2 Å². The van der Waals surface area contributed by atoms with Crippen molar-refractivity contribution in [1.29, 1.82) is 0 Å². The molecular weight excluding hydrogens is 274 g/mol. The van der Waals surface area contributed by atoms with Gasteiger partial charge in [-0.25, -0.2) is 0 Å². The lowest BCUT2D eigenvalue weighted by Gasteiger charge is -2.31. The maximum absolute atomic E-state index is 3.57. The van der Waals surface area contributed by atoms with Crippen molar-refractivity contribution in [1.82, 2.24) is 5.32 Å². The van der Waals surface area contributed by atoms with Crippen LogP contribution in [0.4, 0.5) is 0 Å². The highest BCUT2D eigenvalue weighted by molar-refractivity contribution is 7.10. The molecule has 1 N–H and O–H groups in total. The second kappa shape index (κ2) is 6.76. The summed E-state index contributed by atoms with van der Waals surface area (Å²) in [5.41, 5.74) is 4.47. The van der Waals surface area contributed by atoms with E-state index in [4.69, 9.17) is 0 Å². The first-order chi connectivity index (χ1) is 10.3. The number of thiophene rings is 1. The van der Waals surface area contributed by atoms with E-state index in [0.717, 1.165) is 0 Å². The van der Waals surface area contributed by atoms with Crippen LogP contribution in [-0.4, -0.2) is 7.05 Å². The highest BCUT2D eigenvalue weighted by Gasteiger charge is 2.28. The molecule has 1 aliphatic carbocycles. The molecule has 1 heterocycles. The van der Waals surface area contributed by atoms with Crippen LogP contribution in [-0.2, 0) is 12.8 Å². The lowest BCUT2D eigenvalue weighted by atomic mass is 9.80. The Kier molecular flexibility index (Phi) is 4.77. The molecule has 112 valence electrons. The van der Waals surface area contributed by atoms with Gasteiger partial charge in [0.1, 0.15) is 0 Å². The molecular formula is C19H25NS. The molecule has 0 bridgehead atoms. The summed E-state index contributed by atoms with van der Waals surface area (Å²) in [7, 11) is 2.10. The van der Waals surface area contributed by atoms with Crippen LogP contribution < -0.4 is 5.32 Å². The monoisotopic (exact) mass is 299 g/mol. The van der Waals surface area contributed by atoms with Crippen LogP contribution in [0.25, 0.3) is 0 Å². The highest BCUT2D eigenvalue weighted by atomic mass is 32.1. The topological polar surface area (TPSA) is 12.0 Å². The fourth-order valence-electron chi connectivity index (χ4n) is 3.65. The Bertz CT molecular complexity index is 570. The Hall–Kier alpha value is -1.12. The SMILES string of the molecule is CCCc1ccc(C(NC)C2CCCc3sccc32)cc1. The Morgan fingerprint density at radius 1 is 1.24 bits per heavy atom. The van der Waals surface area contributed by atoms with E-state index in [1.54, 1.807) is 10.4 Å². The van der Waals surface area contributed by atoms with Crippen LogP contribution in [0, 0.1) is 0 Å². The van der Waals surface area contributed by atoms with Crippen molar-refractivity contribution in [3.8, 4) is 0 Å². The average molecular weight is 299 g/mol. The number of rotatable bonds is 5. The molecule has 0 spiro atoms. The molecule has 1 nitrogen and oxygen atoms in total. The molecule has 1 aromatic heterocycles. The summed E-state index contributed by atoms with van der Waals surface area (Å²) < 4.78 is 0. The smallest absolute Gasteiger partial charge is 0.0387 e. The lowest BCUT2D eigenvalue weighted by molar-refractivity contribution is 0.428. The van der Waals surface area contributed by atoms with Gasteiger partial charge in [0.15, 0.2) is 0 Å². The Balaban J connectivity index is 1.86. The summed E-state index contributed by atoms with van der Waals surface area (Å²) in [5.74, 6) is 0.627. The number of benzene rings is 1. The second-order valence-corrected chi connectivity index (χ2v) is 7.06. The fraction of sp³-hybridized carbons (Fsp3) is 0.474. The molecule has 2 aromatic rings. The summed E-state index contributed by atoms with van der Waals surface area (Å²) >= 11 is 1.93. The van der Waals surface area contributed by atoms with Gasteiger partial charge in [-0.05, 0) is 60.9 Å². The van der Waals surface area contributed by atoms with Crippen LogP contribution in [0.3, 0.4) is 0 Å². The standard InChI is InChI=1S/C19H25NS/c1-3-5-14-8-10-15(11-9-14)19(20-2)17-6-4-7-18-16(17)12-13-21-18/h8-13,17,19-20H,3-7H2,1-2H3. The van der Waals surface area contributed by atoms with E-state index in [2.05, 4.69) is 55.0 Å². The zero-order valence-corrected chi connectivity index (χ0v) is 13.9. The molecule has 0 aliphatic heterocycles. The molecule has 2 atom stereocenters. The number of likely N-dealkylation sites (N-methyl/N-ethyl adjacent to an activating group) is 1. The molecule has 0 saturated carbocycles. The minimum absolute atomic E-state index is 0.439. The first-order valence-corrected chi connectivity index (χ1v) is 9.03. The fourth-order valence-corrected chi connectivity index (χ4v) is 4.65. The van der Waals surface area contributed by atoms with Gasteiger partial charge in [-0.2, -0.15) is 0 Å². The number of aryl methyl sites for hydroxylation is 2. The van der Waals surface area contributed by atoms with E-state index >= 15 is 0 Å². The summed E-state index contributed by atoms with van der Waals surface area (Å²) in [6.45, 7) is 2.24. The number of hydrogen-bond acceptors (Lipinski definition) is 2. The molecule has 0 fully saturated rings. The molecule has 21 heavy (non-hydrogen) atoms. The van der Waals surface area contributed by atoms with Crippen molar-refractivity contribution in [3.63, 3.8) is 0 Å². The normalized spacial score (nSPS) is 19.2. The van der Waals surface area contributed by atoms with Gasteiger partial charge in [-0.3, -0.25) is 0 Å². The van der Waals surface area contributed by atoms with Crippen LogP contribution in [0.1, 0.15) is 59.7 Å². The highest BCUT2D eigenvalue weighted by Crippen LogP contribution is 2.42. The molecule has 0 amide bonds. The van der Waals surface area contributed by atoms with Gasteiger partial charge in [0, 0.05) is 16.8 Å². The van der Waals surface area contributed by atoms with Gasteiger partial charge < -0.3 is 5.32 Å². The molecule has 0 saturated heterocycles. The molecule has 2 heteroatoms. The molecule has 1 aromatic carbocycles. The van der Waals surface area contributed by atoms with Crippen molar-refractivity contribution < 1.29 is 0 Å². The quantitative estimate of drug-likeness (QED) is 0.811. The third-order valence-electron chi connectivity index (χ3n) is 4.69. The lowest BCUT2D eigenvalue weighted by Crippen LogP contribution is -2.26. The van der Waals surface area contributed by atoms with Gasteiger partial charge in [0.25, 0.3) is 0 Å². The average Bonchev–Trinajstić information content (AvgIpc) is 2.99. The second-order valence-electron chi connectivity index (χ2n) is 6.06. The predicted octanol–water partition coefficient (Wildman–Crippen LogP) is 5.08. The number of nitrogens with one attached hydrogen (secondary N) is 1. The Morgan fingerprint density at radius 2 is 2.05 bits per heavy atom. The minimum atomic E-state index is 0.439. The number of hydrogen-bond donors (Lipinski definition) is 1. The minimum Gasteiger partial charge on any atom is -0.312 e. The van der Waals surface area contributed by atoms with Crippen LogP contribution >= 0.6 is 11.3 Å². The van der Waals surface area contributed by atoms with Gasteiger partial charge in [-0.1, -0.05) is 37.6 Å². The zero-order chi connectivity index (χ0) is 14.7. The zero-order valence-electron chi connectivity index (χ0n) is 13.1. The Morgan fingerprint density at radius 3 is 2.76 bits per heavy atom.